The van der Waals surface area contributed by atoms with E-state index >= 15 is 0 Å². The first kappa shape index (κ1) is 11.0. The van der Waals surface area contributed by atoms with E-state index in [-0.39, 0.29) is 5.92 Å². The SMILES string of the molecule is COC(=O)O[C@@H]1[N]CC[C@@H]1c1ccccc1. The molecule has 4 nitrogen and oxygen atoms in total. The molecule has 0 N–H and O–H groups in total. The van der Waals surface area contributed by atoms with Gasteiger partial charge < -0.3 is 9.47 Å². The van der Waals surface area contributed by atoms with E-state index in [4.69, 9.17) is 4.74 Å². The maximum Gasteiger partial charge on any atom is 0.509 e. The van der Waals surface area contributed by atoms with Gasteiger partial charge in [0.05, 0.1) is 7.11 Å². The van der Waals surface area contributed by atoms with Crippen molar-refractivity contribution in [2.45, 2.75) is 18.6 Å². The summed E-state index contributed by atoms with van der Waals surface area (Å²) in [5.74, 6) is 0.153. The average Bonchev–Trinajstić information content (AvgIpc) is 2.78. The number of benzene rings is 1. The highest BCUT2D eigenvalue weighted by Crippen LogP contribution is 2.29. The predicted molar refractivity (Wildman–Crippen MR) is 58.1 cm³/mol. The number of carbonyl (C=O) groups is 1. The van der Waals surface area contributed by atoms with Crippen LogP contribution in [0.15, 0.2) is 30.3 Å². The summed E-state index contributed by atoms with van der Waals surface area (Å²) in [4.78, 5) is 11.0. The third-order valence-electron chi connectivity index (χ3n) is 2.70. The normalized spacial score (nSPS) is 24.1. The smallest absolute Gasteiger partial charge is 0.438 e. The van der Waals surface area contributed by atoms with Crippen LogP contribution in [-0.2, 0) is 9.47 Å². The highest BCUT2D eigenvalue weighted by Gasteiger charge is 2.32. The predicted octanol–water partition coefficient (Wildman–Crippen LogP) is 1.89. The van der Waals surface area contributed by atoms with Gasteiger partial charge in [0.25, 0.3) is 0 Å². The Labute approximate surface area is 94.6 Å². The minimum Gasteiger partial charge on any atom is -0.438 e. The Balaban J connectivity index is 2.06. The molecule has 1 aromatic rings. The maximum absolute atomic E-state index is 11.0. The lowest BCUT2D eigenvalue weighted by Gasteiger charge is -2.18. The standard InChI is InChI=1S/C12H14NO3/c1-15-12(14)16-11-10(7-8-13-11)9-5-3-2-4-6-9/h2-6,10-11H,7-8H2,1H3/t10-,11+/m1/s1. The van der Waals surface area contributed by atoms with Crippen molar-refractivity contribution >= 4 is 6.16 Å². The molecule has 1 radical (unpaired) electrons. The molecule has 0 amide bonds. The molecule has 2 atom stereocenters. The minimum atomic E-state index is -0.670. The number of nitrogens with zero attached hydrogens (tertiary/aromatic N) is 1. The average molecular weight is 220 g/mol. The summed E-state index contributed by atoms with van der Waals surface area (Å²) in [5.41, 5.74) is 1.15. The fraction of sp³-hybridized carbons (Fsp3) is 0.417. The number of hydrogen-bond acceptors (Lipinski definition) is 3. The highest BCUT2D eigenvalue weighted by atomic mass is 16.7. The van der Waals surface area contributed by atoms with Gasteiger partial charge in [0.2, 0.25) is 0 Å². The molecule has 1 aromatic carbocycles. The first-order valence-corrected chi connectivity index (χ1v) is 5.27. The van der Waals surface area contributed by atoms with E-state index in [1.807, 2.05) is 30.3 Å². The molecule has 0 bridgehead atoms. The van der Waals surface area contributed by atoms with E-state index in [0.29, 0.717) is 0 Å². The summed E-state index contributed by atoms with van der Waals surface area (Å²) in [6.45, 7) is 0.723. The van der Waals surface area contributed by atoms with Crippen molar-refractivity contribution in [3.05, 3.63) is 35.9 Å². The van der Waals surface area contributed by atoms with Crippen LogP contribution in [0, 0.1) is 0 Å². The number of carbonyl (C=O) groups excluding carboxylic acids is 1. The van der Waals surface area contributed by atoms with Crippen LogP contribution in [0.25, 0.3) is 0 Å². The van der Waals surface area contributed by atoms with Crippen LogP contribution in [-0.4, -0.2) is 26.0 Å². The third-order valence-corrected chi connectivity index (χ3v) is 2.70. The number of rotatable bonds is 2. The Kier molecular flexibility index (Phi) is 3.41. The summed E-state index contributed by atoms with van der Waals surface area (Å²) in [5, 5.41) is 4.26. The van der Waals surface area contributed by atoms with Gasteiger partial charge in [0.1, 0.15) is 0 Å². The lowest BCUT2D eigenvalue weighted by atomic mass is 9.97. The molecule has 1 heterocycles. The van der Waals surface area contributed by atoms with Crippen molar-refractivity contribution in [3.63, 3.8) is 0 Å². The molecule has 0 saturated carbocycles. The van der Waals surface area contributed by atoms with Crippen LogP contribution in [0.5, 0.6) is 0 Å². The Hall–Kier alpha value is -1.55. The summed E-state index contributed by atoms with van der Waals surface area (Å²) >= 11 is 0. The van der Waals surface area contributed by atoms with Crippen LogP contribution in [0.2, 0.25) is 0 Å². The molecule has 1 aliphatic heterocycles. The molecule has 1 saturated heterocycles. The zero-order valence-electron chi connectivity index (χ0n) is 9.13. The summed E-state index contributed by atoms with van der Waals surface area (Å²) in [7, 11) is 1.30. The van der Waals surface area contributed by atoms with Crippen molar-refractivity contribution in [1.29, 1.82) is 0 Å². The van der Waals surface area contributed by atoms with Gasteiger partial charge in [-0.05, 0) is 12.0 Å². The van der Waals surface area contributed by atoms with E-state index in [1.165, 1.54) is 7.11 Å². The molecule has 2 rings (SSSR count). The second kappa shape index (κ2) is 4.99. The first-order chi connectivity index (χ1) is 7.81. The molecule has 1 fully saturated rings. The van der Waals surface area contributed by atoms with Gasteiger partial charge in [0.15, 0.2) is 6.23 Å². The van der Waals surface area contributed by atoms with Crippen molar-refractivity contribution in [3.8, 4) is 0 Å². The topological polar surface area (TPSA) is 49.6 Å². The van der Waals surface area contributed by atoms with Crippen LogP contribution >= 0.6 is 0 Å². The van der Waals surface area contributed by atoms with Crippen molar-refractivity contribution in [2.75, 3.05) is 13.7 Å². The zero-order chi connectivity index (χ0) is 11.4. The fourth-order valence-corrected chi connectivity index (χ4v) is 1.91. The van der Waals surface area contributed by atoms with E-state index in [1.54, 1.807) is 0 Å². The third kappa shape index (κ3) is 2.33. The van der Waals surface area contributed by atoms with Gasteiger partial charge in [-0.1, -0.05) is 30.3 Å². The largest absolute Gasteiger partial charge is 0.509 e. The number of ether oxygens (including phenoxy) is 2. The summed E-state index contributed by atoms with van der Waals surface area (Å²) < 4.78 is 9.57. The first-order valence-electron chi connectivity index (χ1n) is 5.27. The molecular formula is C12H14NO3. The van der Waals surface area contributed by atoms with Gasteiger partial charge in [-0.2, -0.15) is 5.32 Å². The van der Waals surface area contributed by atoms with E-state index in [0.717, 1.165) is 18.5 Å². The molecule has 0 unspecified atom stereocenters. The van der Waals surface area contributed by atoms with Crippen LogP contribution in [0.4, 0.5) is 4.79 Å². The van der Waals surface area contributed by atoms with E-state index in [2.05, 4.69) is 10.1 Å². The lowest BCUT2D eigenvalue weighted by molar-refractivity contribution is 0.0237. The second-order valence-corrected chi connectivity index (χ2v) is 3.67. The monoisotopic (exact) mass is 220 g/mol. The Morgan fingerprint density at radius 3 is 2.81 bits per heavy atom. The van der Waals surface area contributed by atoms with Gasteiger partial charge in [-0.3, -0.25) is 0 Å². The quantitative estimate of drug-likeness (QED) is 0.715. The van der Waals surface area contributed by atoms with Crippen LogP contribution < -0.4 is 5.32 Å². The molecule has 85 valence electrons. The molecule has 0 aliphatic carbocycles. The summed E-state index contributed by atoms with van der Waals surface area (Å²) in [6, 6.07) is 9.97. The van der Waals surface area contributed by atoms with E-state index < -0.39 is 12.4 Å². The second-order valence-electron chi connectivity index (χ2n) is 3.67. The molecule has 4 heteroatoms. The molecular weight excluding hydrogens is 206 g/mol. The number of methoxy groups -OCH3 is 1. The van der Waals surface area contributed by atoms with Crippen molar-refractivity contribution in [1.82, 2.24) is 5.32 Å². The van der Waals surface area contributed by atoms with Gasteiger partial charge in [-0.15, -0.1) is 0 Å². The maximum atomic E-state index is 11.0. The van der Waals surface area contributed by atoms with Gasteiger partial charge in [-0.25, -0.2) is 4.79 Å². The minimum absolute atomic E-state index is 0.153. The Morgan fingerprint density at radius 2 is 2.12 bits per heavy atom. The van der Waals surface area contributed by atoms with Crippen molar-refractivity contribution < 1.29 is 14.3 Å². The van der Waals surface area contributed by atoms with Gasteiger partial charge in [0, 0.05) is 12.5 Å². The van der Waals surface area contributed by atoms with Crippen molar-refractivity contribution in [2.24, 2.45) is 0 Å². The van der Waals surface area contributed by atoms with Crippen LogP contribution in [0.1, 0.15) is 17.9 Å². The molecule has 16 heavy (non-hydrogen) atoms. The fourth-order valence-electron chi connectivity index (χ4n) is 1.91. The van der Waals surface area contributed by atoms with Gasteiger partial charge >= 0.3 is 6.16 Å². The Bertz CT molecular complexity index is 353. The molecule has 0 spiro atoms. The zero-order valence-corrected chi connectivity index (χ0v) is 9.13. The van der Waals surface area contributed by atoms with E-state index in [9.17, 15) is 4.79 Å². The highest BCUT2D eigenvalue weighted by molar-refractivity contribution is 5.60. The number of hydrogen-bond donors (Lipinski definition) is 0. The summed E-state index contributed by atoms with van der Waals surface area (Å²) in [6.07, 6.45) is -0.169. The molecule has 0 aromatic heterocycles. The Morgan fingerprint density at radius 1 is 1.38 bits per heavy atom. The van der Waals surface area contributed by atoms with Crippen LogP contribution in [0.3, 0.4) is 0 Å². The lowest BCUT2D eigenvalue weighted by Crippen LogP contribution is -2.27. The molecule has 1 aliphatic rings.